The molecule has 1 aliphatic rings. The van der Waals surface area contributed by atoms with Gasteiger partial charge in [0.25, 0.3) is 0 Å². The van der Waals surface area contributed by atoms with E-state index in [1.165, 1.54) is 11.3 Å². The number of rotatable bonds is 5. The number of methoxy groups -OCH3 is 1. The van der Waals surface area contributed by atoms with E-state index in [0.29, 0.717) is 23.4 Å². The number of carboxylic acids is 1. The minimum atomic E-state index is -1.01. The molecule has 0 amide bonds. The van der Waals surface area contributed by atoms with Crippen molar-refractivity contribution >= 4 is 39.7 Å². The van der Waals surface area contributed by atoms with Crippen LogP contribution in [0.3, 0.4) is 0 Å². The first-order chi connectivity index (χ1) is 11.2. The van der Waals surface area contributed by atoms with Gasteiger partial charge in [-0.05, 0) is 17.7 Å². The molecule has 1 N–H and O–H groups in total. The number of thioether (sulfide) groups is 1. The van der Waals surface area contributed by atoms with Gasteiger partial charge in [0, 0.05) is 23.1 Å². The molecule has 1 aromatic carbocycles. The number of benzene rings is 1. The smallest absolute Gasteiger partial charge is 0.354 e. The lowest BCUT2D eigenvalue weighted by Gasteiger charge is -2.16. The first-order valence-electron chi connectivity index (χ1n) is 6.85. The maximum atomic E-state index is 11.5. The maximum Gasteiger partial charge on any atom is 0.354 e. The molecule has 0 saturated heterocycles. The summed E-state index contributed by atoms with van der Waals surface area (Å²) >= 11 is 3.00. The number of aliphatic imine (C=N–C) groups is 1. The molecule has 23 heavy (non-hydrogen) atoms. The van der Waals surface area contributed by atoms with E-state index in [4.69, 9.17) is 4.74 Å². The molecular weight excluding hydrogens is 332 g/mol. The minimum absolute atomic E-state index is 0.0955. The second-order valence-corrected chi connectivity index (χ2v) is 6.59. The van der Waals surface area contributed by atoms with E-state index in [0.717, 1.165) is 16.4 Å². The molecule has 3 rings (SSSR count). The van der Waals surface area contributed by atoms with E-state index in [1.807, 2.05) is 29.6 Å². The van der Waals surface area contributed by atoms with Crippen molar-refractivity contribution in [3.63, 3.8) is 0 Å². The lowest BCUT2D eigenvalue weighted by atomic mass is 10.1. The van der Waals surface area contributed by atoms with E-state index in [2.05, 4.69) is 9.98 Å². The fourth-order valence-corrected chi connectivity index (χ4v) is 3.78. The number of carboxylic acid groups (broad SMARTS) is 1. The van der Waals surface area contributed by atoms with Crippen LogP contribution in [0.25, 0.3) is 5.57 Å². The van der Waals surface area contributed by atoms with Gasteiger partial charge in [-0.25, -0.2) is 14.8 Å². The maximum absolute atomic E-state index is 11.5. The number of carbonyl (C=O) groups is 1. The highest BCUT2D eigenvalue weighted by Gasteiger charge is 2.23. The summed E-state index contributed by atoms with van der Waals surface area (Å²) in [6, 6.07) is 7.69. The van der Waals surface area contributed by atoms with Crippen molar-refractivity contribution in [3.05, 3.63) is 52.1 Å². The molecule has 0 radical (unpaired) electrons. The molecule has 0 spiro atoms. The normalized spacial score (nSPS) is 14.6. The highest BCUT2D eigenvalue weighted by Crippen LogP contribution is 2.31. The number of thiazole rings is 1. The molecule has 2 aromatic rings. The average molecular weight is 346 g/mol. The summed E-state index contributed by atoms with van der Waals surface area (Å²) in [5.74, 6) is 0.352. The van der Waals surface area contributed by atoms with Gasteiger partial charge in [-0.3, -0.25) is 0 Å². The van der Waals surface area contributed by atoms with Gasteiger partial charge in [0.2, 0.25) is 0 Å². The summed E-state index contributed by atoms with van der Waals surface area (Å²) in [5.41, 5.74) is 4.25. The SMILES string of the molecule is COc1ccc(CC2=NC(C(=O)O)=C(c3cscn3)CS2)cc1. The summed E-state index contributed by atoms with van der Waals surface area (Å²) in [6.45, 7) is 0. The number of ether oxygens (including phenoxy) is 1. The van der Waals surface area contributed by atoms with Crippen LogP contribution in [-0.2, 0) is 11.2 Å². The molecule has 0 fully saturated rings. The molecule has 1 aromatic heterocycles. The van der Waals surface area contributed by atoms with E-state index in [1.54, 1.807) is 24.4 Å². The first-order valence-corrected chi connectivity index (χ1v) is 8.78. The van der Waals surface area contributed by atoms with Crippen LogP contribution in [0, 0.1) is 0 Å². The van der Waals surface area contributed by atoms with Gasteiger partial charge in [0.05, 0.1) is 23.4 Å². The Morgan fingerprint density at radius 3 is 2.74 bits per heavy atom. The molecule has 118 valence electrons. The molecule has 0 unspecified atom stereocenters. The molecule has 7 heteroatoms. The zero-order valence-electron chi connectivity index (χ0n) is 12.4. The quantitative estimate of drug-likeness (QED) is 0.899. The lowest BCUT2D eigenvalue weighted by molar-refractivity contribution is -0.132. The van der Waals surface area contributed by atoms with Crippen molar-refractivity contribution in [1.82, 2.24) is 4.98 Å². The largest absolute Gasteiger partial charge is 0.497 e. The Kier molecular flexibility index (Phi) is 4.78. The number of hydrogen-bond donors (Lipinski definition) is 1. The number of hydrogen-bond acceptors (Lipinski definition) is 6. The van der Waals surface area contributed by atoms with Crippen LogP contribution in [0.2, 0.25) is 0 Å². The van der Waals surface area contributed by atoms with Crippen molar-refractivity contribution in [3.8, 4) is 5.75 Å². The Balaban J connectivity index is 1.86. The molecule has 0 atom stereocenters. The van der Waals surface area contributed by atoms with E-state index in [9.17, 15) is 9.90 Å². The average Bonchev–Trinajstić information content (AvgIpc) is 3.10. The predicted octanol–water partition coefficient (Wildman–Crippen LogP) is 3.34. The van der Waals surface area contributed by atoms with Crippen LogP contribution in [0.4, 0.5) is 0 Å². The Morgan fingerprint density at radius 1 is 1.35 bits per heavy atom. The van der Waals surface area contributed by atoms with Gasteiger partial charge in [0.15, 0.2) is 5.70 Å². The van der Waals surface area contributed by atoms with Crippen LogP contribution in [0.5, 0.6) is 5.75 Å². The van der Waals surface area contributed by atoms with Crippen molar-refractivity contribution in [2.24, 2.45) is 4.99 Å². The van der Waals surface area contributed by atoms with Gasteiger partial charge >= 0.3 is 5.97 Å². The fourth-order valence-electron chi connectivity index (χ4n) is 2.19. The standard InChI is InChI=1S/C16H14N2O3S2/c1-21-11-4-2-10(3-5-11)6-14-18-15(16(19)20)12(7-23-14)13-8-22-9-17-13/h2-5,8-9H,6-7H2,1H3,(H,19,20). The summed E-state index contributed by atoms with van der Waals surface area (Å²) < 4.78 is 5.14. The van der Waals surface area contributed by atoms with Gasteiger partial charge < -0.3 is 9.84 Å². The predicted molar refractivity (Wildman–Crippen MR) is 93.3 cm³/mol. The Hall–Kier alpha value is -2.12. The van der Waals surface area contributed by atoms with Gasteiger partial charge in [-0.1, -0.05) is 12.1 Å². The summed E-state index contributed by atoms with van der Waals surface area (Å²) in [5, 5.41) is 12.1. The second kappa shape index (κ2) is 6.97. The topological polar surface area (TPSA) is 71.8 Å². The molecule has 0 saturated carbocycles. The van der Waals surface area contributed by atoms with Crippen LogP contribution < -0.4 is 4.74 Å². The number of aliphatic carboxylic acids is 1. The van der Waals surface area contributed by atoms with E-state index in [-0.39, 0.29) is 5.70 Å². The van der Waals surface area contributed by atoms with Gasteiger partial charge in [-0.15, -0.1) is 23.1 Å². The fraction of sp³-hybridized carbons (Fsp3) is 0.188. The van der Waals surface area contributed by atoms with Gasteiger partial charge in [0.1, 0.15) is 5.75 Å². The van der Waals surface area contributed by atoms with Crippen LogP contribution >= 0.6 is 23.1 Å². The molecular formula is C16H14N2O3S2. The number of aromatic nitrogens is 1. The molecule has 5 nitrogen and oxygen atoms in total. The van der Waals surface area contributed by atoms with Crippen LogP contribution in [0.15, 0.2) is 45.8 Å². The van der Waals surface area contributed by atoms with Crippen LogP contribution in [0.1, 0.15) is 11.3 Å². The molecule has 2 heterocycles. The third-order valence-corrected chi connectivity index (χ3v) is 4.95. The van der Waals surface area contributed by atoms with Crippen molar-refractivity contribution in [1.29, 1.82) is 0 Å². The highest BCUT2D eigenvalue weighted by atomic mass is 32.2. The summed E-state index contributed by atoms with van der Waals surface area (Å²) in [6.07, 6.45) is 0.607. The Morgan fingerprint density at radius 2 is 2.13 bits per heavy atom. The van der Waals surface area contributed by atoms with Crippen molar-refractivity contribution < 1.29 is 14.6 Å². The van der Waals surface area contributed by atoms with Crippen molar-refractivity contribution in [2.75, 3.05) is 12.9 Å². The number of nitrogens with zero attached hydrogens (tertiary/aromatic N) is 2. The third-order valence-electron chi connectivity index (χ3n) is 3.36. The monoisotopic (exact) mass is 346 g/mol. The zero-order valence-corrected chi connectivity index (χ0v) is 14.0. The molecule has 0 bridgehead atoms. The lowest BCUT2D eigenvalue weighted by Crippen LogP contribution is -2.13. The highest BCUT2D eigenvalue weighted by molar-refractivity contribution is 8.14. The van der Waals surface area contributed by atoms with Crippen LogP contribution in [-0.4, -0.2) is 34.0 Å². The Bertz CT molecular complexity index is 765. The molecule has 0 aliphatic carbocycles. The summed E-state index contributed by atoms with van der Waals surface area (Å²) in [4.78, 5) is 20.1. The molecule has 1 aliphatic heterocycles. The van der Waals surface area contributed by atoms with Crippen molar-refractivity contribution in [2.45, 2.75) is 6.42 Å². The second-order valence-electron chi connectivity index (χ2n) is 4.83. The zero-order chi connectivity index (χ0) is 16.2. The Labute approximate surface area is 141 Å². The summed E-state index contributed by atoms with van der Waals surface area (Å²) in [7, 11) is 1.63. The van der Waals surface area contributed by atoms with E-state index >= 15 is 0 Å². The van der Waals surface area contributed by atoms with Gasteiger partial charge in [-0.2, -0.15) is 0 Å². The minimum Gasteiger partial charge on any atom is -0.497 e. The first kappa shape index (κ1) is 15.8. The third kappa shape index (κ3) is 3.62. The van der Waals surface area contributed by atoms with E-state index < -0.39 is 5.97 Å².